The molecule has 118 valence electrons. The van der Waals surface area contributed by atoms with Crippen molar-refractivity contribution in [3.05, 3.63) is 52.7 Å². The van der Waals surface area contributed by atoms with Crippen LogP contribution < -0.4 is 0 Å². The molecular formula is C16H18F2N2O2. The van der Waals surface area contributed by atoms with Gasteiger partial charge in [0.05, 0.1) is 18.3 Å². The Morgan fingerprint density at radius 1 is 1.32 bits per heavy atom. The van der Waals surface area contributed by atoms with Crippen LogP contribution >= 0.6 is 0 Å². The molecule has 3 rings (SSSR count). The number of halogens is 2. The van der Waals surface area contributed by atoms with E-state index in [9.17, 15) is 13.9 Å². The number of aliphatic hydroxyl groups is 1. The van der Waals surface area contributed by atoms with E-state index in [4.69, 9.17) is 4.42 Å². The molecular weight excluding hydrogens is 290 g/mol. The molecule has 1 fully saturated rings. The number of β-amino-alcohol motifs (C(OH)–C–C–N with tert-alkyl or cyclic N) is 1. The number of likely N-dealkylation sites (tertiary alicyclic amines) is 1. The molecule has 2 heterocycles. The predicted molar refractivity (Wildman–Crippen MR) is 76.1 cm³/mol. The first-order valence-corrected chi connectivity index (χ1v) is 7.24. The van der Waals surface area contributed by atoms with Gasteiger partial charge in [0.1, 0.15) is 5.76 Å². The minimum atomic E-state index is -0.873. The molecule has 0 radical (unpaired) electrons. The first-order valence-electron chi connectivity index (χ1n) is 7.24. The molecule has 0 amide bonds. The van der Waals surface area contributed by atoms with Crippen LogP contribution in [-0.4, -0.2) is 27.6 Å². The summed E-state index contributed by atoms with van der Waals surface area (Å²) in [5.41, 5.74) is 1.48. The minimum Gasteiger partial charge on any atom is -0.444 e. The van der Waals surface area contributed by atoms with Gasteiger partial charge in [0.2, 0.25) is 5.89 Å². The number of aliphatic hydroxyl groups excluding tert-OH is 1. The van der Waals surface area contributed by atoms with Crippen LogP contribution in [0.25, 0.3) is 0 Å². The van der Waals surface area contributed by atoms with Gasteiger partial charge < -0.3 is 9.52 Å². The molecule has 1 aliphatic rings. The van der Waals surface area contributed by atoms with Crippen LogP contribution in [0.3, 0.4) is 0 Å². The van der Waals surface area contributed by atoms with Gasteiger partial charge in [-0.25, -0.2) is 13.8 Å². The number of oxazole rings is 1. The van der Waals surface area contributed by atoms with Crippen LogP contribution in [0.5, 0.6) is 0 Å². The van der Waals surface area contributed by atoms with Crippen LogP contribution in [0.1, 0.15) is 35.4 Å². The summed E-state index contributed by atoms with van der Waals surface area (Å²) in [7, 11) is 0. The van der Waals surface area contributed by atoms with E-state index < -0.39 is 17.7 Å². The van der Waals surface area contributed by atoms with Crippen molar-refractivity contribution in [3.63, 3.8) is 0 Å². The number of benzene rings is 1. The van der Waals surface area contributed by atoms with Crippen molar-refractivity contribution in [2.24, 2.45) is 0 Å². The van der Waals surface area contributed by atoms with E-state index in [-0.39, 0.29) is 6.04 Å². The van der Waals surface area contributed by atoms with Crippen LogP contribution in [0.2, 0.25) is 0 Å². The number of aryl methyl sites for hydroxylation is 2. The predicted octanol–water partition coefficient (Wildman–Crippen LogP) is 2.88. The van der Waals surface area contributed by atoms with Crippen molar-refractivity contribution < 1.29 is 18.3 Å². The van der Waals surface area contributed by atoms with Crippen LogP contribution in [0.4, 0.5) is 8.78 Å². The smallest absolute Gasteiger partial charge is 0.208 e. The largest absolute Gasteiger partial charge is 0.444 e. The van der Waals surface area contributed by atoms with E-state index in [0.717, 1.165) is 17.5 Å². The highest BCUT2D eigenvalue weighted by Gasteiger charge is 2.33. The topological polar surface area (TPSA) is 49.5 Å². The maximum absolute atomic E-state index is 13.5. The van der Waals surface area contributed by atoms with Crippen LogP contribution in [0, 0.1) is 25.5 Å². The molecule has 0 saturated carbocycles. The summed E-state index contributed by atoms with van der Waals surface area (Å²) in [4.78, 5) is 6.31. The maximum Gasteiger partial charge on any atom is 0.208 e. The van der Waals surface area contributed by atoms with E-state index in [0.29, 0.717) is 31.0 Å². The zero-order valence-corrected chi connectivity index (χ0v) is 12.5. The standard InChI is InChI=1S/C16H18F2N2O2/c1-9-10(2)22-16(19-9)8-20-7-12(21)6-15(20)11-3-4-13(17)14(18)5-11/h3-5,12,15,21H,6-8H2,1-2H3/t12-,15+/m0/s1. The fourth-order valence-electron chi connectivity index (χ4n) is 2.90. The van der Waals surface area contributed by atoms with Crippen molar-refractivity contribution in [2.45, 2.75) is 39.0 Å². The number of hydrogen-bond donors (Lipinski definition) is 1. The Balaban J connectivity index is 1.83. The second kappa shape index (κ2) is 5.78. The third-order valence-electron chi connectivity index (χ3n) is 4.12. The summed E-state index contributed by atoms with van der Waals surface area (Å²) in [6, 6.07) is 3.68. The summed E-state index contributed by atoms with van der Waals surface area (Å²) in [5.74, 6) is -0.412. The molecule has 1 aliphatic heterocycles. The average molecular weight is 308 g/mol. The van der Waals surface area contributed by atoms with E-state index >= 15 is 0 Å². The summed E-state index contributed by atoms with van der Waals surface area (Å²) in [6.45, 7) is 4.59. The highest BCUT2D eigenvalue weighted by atomic mass is 19.2. The summed E-state index contributed by atoms with van der Waals surface area (Å²) >= 11 is 0. The van der Waals surface area contributed by atoms with Crippen LogP contribution in [0.15, 0.2) is 22.6 Å². The van der Waals surface area contributed by atoms with Gasteiger partial charge in [0.15, 0.2) is 11.6 Å². The van der Waals surface area contributed by atoms with Gasteiger partial charge in [-0.2, -0.15) is 0 Å². The number of nitrogens with zero attached hydrogens (tertiary/aromatic N) is 2. The Hall–Kier alpha value is -1.79. The SMILES string of the molecule is Cc1nc(CN2C[C@@H](O)C[C@@H]2c2ccc(F)c(F)c2)oc1C. The van der Waals surface area contributed by atoms with Gasteiger partial charge in [-0.15, -0.1) is 0 Å². The molecule has 6 heteroatoms. The quantitative estimate of drug-likeness (QED) is 0.947. The van der Waals surface area contributed by atoms with Gasteiger partial charge in [-0.1, -0.05) is 6.07 Å². The number of rotatable bonds is 3. The van der Waals surface area contributed by atoms with Gasteiger partial charge in [-0.3, -0.25) is 4.90 Å². The Morgan fingerprint density at radius 3 is 2.73 bits per heavy atom. The lowest BCUT2D eigenvalue weighted by Gasteiger charge is -2.23. The molecule has 2 atom stereocenters. The molecule has 1 saturated heterocycles. The summed E-state index contributed by atoms with van der Waals surface area (Å²) < 4.78 is 32.1. The lowest BCUT2D eigenvalue weighted by molar-refractivity contribution is 0.167. The minimum absolute atomic E-state index is 0.183. The molecule has 0 aliphatic carbocycles. The van der Waals surface area contributed by atoms with E-state index in [1.165, 1.54) is 6.07 Å². The lowest BCUT2D eigenvalue weighted by atomic mass is 10.0. The number of hydrogen-bond acceptors (Lipinski definition) is 4. The zero-order valence-electron chi connectivity index (χ0n) is 12.5. The molecule has 4 nitrogen and oxygen atoms in total. The highest BCUT2D eigenvalue weighted by Crippen LogP contribution is 2.34. The first kappa shape index (κ1) is 15.1. The monoisotopic (exact) mass is 308 g/mol. The highest BCUT2D eigenvalue weighted by molar-refractivity contribution is 5.23. The van der Waals surface area contributed by atoms with Gasteiger partial charge >= 0.3 is 0 Å². The summed E-state index contributed by atoms with van der Waals surface area (Å²) in [6.07, 6.45) is -0.0284. The van der Waals surface area contributed by atoms with Crippen molar-refractivity contribution in [1.29, 1.82) is 0 Å². The molecule has 1 aromatic carbocycles. The summed E-state index contributed by atoms with van der Waals surface area (Å²) in [5, 5.41) is 9.93. The van der Waals surface area contributed by atoms with E-state index in [1.807, 2.05) is 18.7 Å². The van der Waals surface area contributed by atoms with Gasteiger partial charge in [-0.05, 0) is 38.0 Å². The Labute approximate surface area is 127 Å². The van der Waals surface area contributed by atoms with E-state index in [1.54, 1.807) is 6.07 Å². The second-order valence-electron chi connectivity index (χ2n) is 5.76. The van der Waals surface area contributed by atoms with Crippen molar-refractivity contribution in [2.75, 3.05) is 6.54 Å². The fourth-order valence-corrected chi connectivity index (χ4v) is 2.90. The van der Waals surface area contributed by atoms with Crippen molar-refractivity contribution in [3.8, 4) is 0 Å². The molecule has 0 unspecified atom stereocenters. The zero-order chi connectivity index (χ0) is 15.9. The molecule has 22 heavy (non-hydrogen) atoms. The Morgan fingerprint density at radius 2 is 2.09 bits per heavy atom. The maximum atomic E-state index is 13.5. The lowest BCUT2D eigenvalue weighted by Crippen LogP contribution is -2.24. The van der Waals surface area contributed by atoms with Crippen molar-refractivity contribution in [1.82, 2.24) is 9.88 Å². The number of aromatic nitrogens is 1. The second-order valence-corrected chi connectivity index (χ2v) is 5.76. The average Bonchev–Trinajstić information content (AvgIpc) is 2.96. The van der Waals surface area contributed by atoms with E-state index in [2.05, 4.69) is 4.98 Å². The molecule has 0 bridgehead atoms. The Bertz CT molecular complexity index is 667. The molecule has 2 aromatic rings. The fraction of sp³-hybridized carbons (Fsp3) is 0.438. The third-order valence-corrected chi connectivity index (χ3v) is 4.12. The molecule has 1 aromatic heterocycles. The first-order chi connectivity index (χ1) is 10.4. The molecule has 0 spiro atoms. The molecule has 1 N–H and O–H groups in total. The third kappa shape index (κ3) is 2.89. The Kier molecular flexibility index (Phi) is 3.97. The van der Waals surface area contributed by atoms with Crippen LogP contribution in [-0.2, 0) is 6.54 Å². The van der Waals surface area contributed by atoms with Gasteiger partial charge in [0.25, 0.3) is 0 Å². The normalized spacial score (nSPS) is 22.4. The van der Waals surface area contributed by atoms with Gasteiger partial charge in [0, 0.05) is 12.6 Å². The van der Waals surface area contributed by atoms with Crippen molar-refractivity contribution >= 4 is 0 Å².